The van der Waals surface area contributed by atoms with E-state index >= 15 is 0 Å². The Morgan fingerprint density at radius 1 is 1.20 bits per heavy atom. The van der Waals surface area contributed by atoms with Crippen molar-refractivity contribution in [1.82, 2.24) is 19.5 Å². The minimum Gasteiger partial charge on any atom is -0.497 e. The molecule has 0 bridgehead atoms. The molecule has 0 saturated carbocycles. The van der Waals surface area contributed by atoms with Gasteiger partial charge in [-0.05, 0) is 37.1 Å². The number of aromatic nitrogens is 4. The van der Waals surface area contributed by atoms with Crippen LogP contribution in [0.3, 0.4) is 0 Å². The molecule has 1 aromatic carbocycles. The molecule has 0 radical (unpaired) electrons. The Hall–Kier alpha value is -2.74. The summed E-state index contributed by atoms with van der Waals surface area (Å²) in [5.74, 6) is 1.32. The van der Waals surface area contributed by atoms with E-state index < -0.39 is 0 Å². The molecule has 1 aliphatic heterocycles. The van der Waals surface area contributed by atoms with Crippen LogP contribution in [0.15, 0.2) is 35.4 Å². The van der Waals surface area contributed by atoms with Gasteiger partial charge in [0.2, 0.25) is 5.95 Å². The van der Waals surface area contributed by atoms with Crippen molar-refractivity contribution in [3.8, 4) is 11.4 Å². The van der Waals surface area contributed by atoms with Crippen molar-refractivity contribution in [1.29, 1.82) is 0 Å². The SMILES string of the molecule is COc1ccc(-n2cnc3nc(N4CCCC4)[nH]c(=O)c3c2=S)cc1. The van der Waals surface area contributed by atoms with Crippen LogP contribution in [-0.4, -0.2) is 39.7 Å². The number of nitrogens with zero attached hydrogens (tertiary/aromatic N) is 4. The molecule has 1 fully saturated rings. The molecule has 0 unspecified atom stereocenters. The third-order valence-electron chi connectivity index (χ3n) is 4.37. The molecule has 0 atom stereocenters. The maximum atomic E-state index is 12.6. The van der Waals surface area contributed by atoms with Crippen molar-refractivity contribution in [2.24, 2.45) is 0 Å². The first-order chi connectivity index (χ1) is 12.2. The van der Waals surface area contributed by atoms with E-state index in [-0.39, 0.29) is 5.56 Å². The Morgan fingerprint density at radius 3 is 2.60 bits per heavy atom. The van der Waals surface area contributed by atoms with Crippen LogP contribution in [0.25, 0.3) is 16.7 Å². The first kappa shape index (κ1) is 15.8. The molecule has 0 amide bonds. The summed E-state index contributed by atoms with van der Waals surface area (Å²) in [7, 11) is 1.61. The van der Waals surface area contributed by atoms with Gasteiger partial charge >= 0.3 is 0 Å². The average Bonchev–Trinajstić information content (AvgIpc) is 3.16. The van der Waals surface area contributed by atoms with Crippen LogP contribution < -0.4 is 15.2 Å². The minimum atomic E-state index is -0.257. The Bertz CT molecular complexity index is 1040. The fourth-order valence-corrected chi connectivity index (χ4v) is 3.36. The van der Waals surface area contributed by atoms with E-state index in [1.165, 1.54) is 0 Å². The zero-order chi connectivity index (χ0) is 17.4. The smallest absolute Gasteiger partial charge is 0.264 e. The predicted octanol–water partition coefficient (Wildman–Crippen LogP) is 2.45. The molecule has 25 heavy (non-hydrogen) atoms. The van der Waals surface area contributed by atoms with Gasteiger partial charge in [-0.1, -0.05) is 12.2 Å². The highest BCUT2D eigenvalue weighted by molar-refractivity contribution is 7.71. The highest BCUT2D eigenvalue weighted by atomic mass is 32.1. The molecule has 0 spiro atoms. The zero-order valence-corrected chi connectivity index (χ0v) is 14.5. The Kier molecular flexibility index (Phi) is 3.96. The number of H-pyrrole nitrogens is 1. The van der Waals surface area contributed by atoms with Crippen LogP contribution in [0.2, 0.25) is 0 Å². The Morgan fingerprint density at radius 2 is 1.92 bits per heavy atom. The maximum Gasteiger partial charge on any atom is 0.264 e. The largest absolute Gasteiger partial charge is 0.497 e. The van der Waals surface area contributed by atoms with Gasteiger partial charge in [0.25, 0.3) is 5.56 Å². The van der Waals surface area contributed by atoms with Gasteiger partial charge in [0.15, 0.2) is 5.65 Å². The summed E-state index contributed by atoms with van der Waals surface area (Å²) in [5.41, 5.74) is 0.927. The van der Waals surface area contributed by atoms with E-state index in [1.54, 1.807) is 18.0 Å². The van der Waals surface area contributed by atoms with E-state index in [4.69, 9.17) is 17.0 Å². The van der Waals surface area contributed by atoms with Crippen LogP contribution in [0, 0.1) is 4.64 Å². The quantitative estimate of drug-likeness (QED) is 0.728. The number of fused-ring (bicyclic) bond motifs is 1. The summed E-state index contributed by atoms with van der Waals surface area (Å²) < 4.78 is 7.25. The normalized spacial score (nSPS) is 14.2. The van der Waals surface area contributed by atoms with Crippen molar-refractivity contribution in [3.63, 3.8) is 0 Å². The number of hydrogen-bond acceptors (Lipinski definition) is 6. The third-order valence-corrected chi connectivity index (χ3v) is 4.77. The fourth-order valence-electron chi connectivity index (χ4n) is 3.03. The second-order valence-corrected chi connectivity index (χ2v) is 6.29. The average molecular weight is 355 g/mol. The number of methoxy groups -OCH3 is 1. The van der Waals surface area contributed by atoms with Gasteiger partial charge in [-0.2, -0.15) is 4.98 Å². The maximum absolute atomic E-state index is 12.6. The molecule has 8 heteroatoms. The molecule has 7 nitrogen and oxygen atoms in total. The fraction of sp³-hybridized carbons (Fsp3) is 0.294. The van der Waals surface area contributed by atoms with E-state index in [0.717, 1.165) is 37.4 Å². The summed E-state index contributed by atoms with van der Waals surface area (Å²) in [6, 6.07) is 7.39. The van der Waals surface area contributed by atoms with Gasteiger partial charge in [-0.3, -0.25) is 14.3 Å². The minimum absolute atomic E-state index is 0.257. The molecule has 3 heterocycles. The van der Waals surface area contributed by atoms with Crippen LogP contribution in [0.5, 0.6) is 5.75 Å². The van der Waals surface area contributed by atoms with Gasteiger partial charge in [-0.15, -0.1) is 0 Å². The second-order valence-electron chi connectivity index (χ2n) is 5.90. The first-order valence-electron chi connectivity index (χ1n) is 8.08. The van der Waals surface area contributed by atoms with Gasteiger partial charge in [0.1, 0.15) is 22.1 Å². The van der Waals surface area contributed by atoms with Gasteiger partial charge in [-0.25, -0.2) is 4.98 Å². The number of hydrogen-bond donors (Lipinski definition) is 1. The number of rotatable bonds is 3. The van der Waals surface area contributed by atoms with Crippen molar-refractivity contribution in [2.75, 3.05) is 25.1 Å². The number of nitrogens with one attached hydrogen (secondary N) is 1. The molecule has 3 aromatic rings. The molecular weight excluding hydrogens is 338 g/mol. The third kappa shape index (κ3) is 2.78. The molecular formula is C17H17N5O2S. The lowest BCUT2D eigenvalue weighted by molar-refractivity contribution is 0.414. The van der Waals surface area contributed by atoms with E-state index in [2.05, 4.69) is 19.9 Å². The van der Waals surface area contributed by atoms with Crippen molar-refractivity contribution < 1.29 is 4.74 Å². The van der Waals surface area contributed by atoms with Crippen LogP contribution in [0.4, 0.5) is 5.95 Å². The lowest BCUT2D eigenvalue weighted by Gasteiger charge is -2.16. The van der Waals surface area contributed by atoms with Gasteiger partial charge < -0.3 is 9.64 Å². The summed E-state index contributed by atoms with van der Waals surface area (Å²) >= 11 is 5.52. The first-order valence-corrected chi connectivity index (χ1v) is 8.49. The highest BCUT2D eigenvalue weighted by Crippen LogP contribution is 2.19. The summed E-state index contributed by atoms with van der Waals surface area (Å²) in [6.07, 6.45) is 3.81. The van der Waals surface area contributed by atoms with Crippen molar-refractivity contribution in [3.05, 3.63) is 45.6 Å². The van der Waals surface area contributed by atoms with Crippen molar-refractivity contribution >= 4 is 29.2 Å². The van der Waals surface area contributed by atoms with Crippen LogP contribution in [-0.2, 0) is 0 Å². The standard InChI is InChI=1S/C17H17N5O2S/c1-24-12-6-4-11(5-7-12)22-10-18-14-13(16(22)25)15(23)20-17(19-14)21-8-2-3-9-21/h4-7,10H,2-3,8-9H2,1H3,(H,19,20,23). The lowest BCUT2D eigenvalue weighted by atomic mass is 10.3. The monoisotopic (exact) mass is 355 g/mol. The molecule has 0 aliphatic carbocycles. The molecule has 1 saturated heterocycles. The zero-order valence-electron chi connectivity index (χ0n) is 13.7. The van der Waals surface area contributed by atoms with E-state index in [0.29, 0.717) is 21.6 Å². The Balaban J connectivity index is 1.84. The number of ether oxygens (including phenoxy) is 1. The summed E-state index contributed by atoms with van der Waals surface area (Å²) in [5, 5.41) is 0.330. The number of benzene rings is 1. The Labute approximate surface area is 148 Å². The number of anilines is 1. The second kappa shape index (κ2) is 6.29. The van der Waals surface area contributed by atoms with E-state index in [1.807, 2.05) is 24.3 Å². The number of aromatic amines is 1. The molecule has 1 N–H and O–H groups in total. The predicted molar refractivity (Wildman–Crippen MR) is 98.3 cm³/mol. The molecule has 2 aromatic heterocycles. The molecule has 128 valence electrons. The topological polar surface area (TPSA) is 76.0 Å². The summed E-state index contributed by atoms with van der Waals surface area (Å²) in [6.45, 7) is 1.79. The highest BCUT2D eigenvalue weighted by Gasteiger charge is 2.17. The van der Waals surface area contributed by atoms with Gasteiger partial charge in [0, 0.05) is 18.8 Å². The molecule has 1 aliphatic rings. The van der Waals surface area contributed by atoms with E-state index in [9.17, 15) is 4.79 Å². The van der Waals surface area contributed by atoms with Crippen molar-refractivity contribution in [2.45, 2.75) is 12.8 Å². The molecule has 4 rings (SSSR count). The summed E-state index contributed by atoms with van der Waals surface area (Å²) in [4.78, 5) is 26.4. The van der Waals surface area contributed by atoms with Crippen LogP contribution >= 0.6 is 12.2 Å². The van der Waals surface area contributed by atoms with Gasteiger partial charge in [0.05, 0.1) is 7.11 Å². The lowest BCUT2D eigenvalue weighted by Crippen LogP contribution is -2.24. The van der Waals surface area contributed by atoms with Crippen LogP contribution in [0.1, 0.15) is 12.8 Å².